The molecule has 1 amide bonds. The Labute approximate surface area is 176 Å². The van der Waals surface area contributed by atoms with Gasteiger partial charge < -0.3 is 10.4 Å². The molecule has 2 aromatic rings. The molecule has 0 spiro atoms. The zero-order chi connectivity index (χ0) is 21.6. The third kappa shape index (κ3) is 5.67. The van der Waals surface area contributed by atoms with Crippen LogP contribution in [0.5, 0.6) is 0 Å². The Bertz CT molecular complexity index is 964. The maximum absolute atomic E-state index is 12.9. The van der Waals surface area contributed by atoms with Crippen molar-refractivity contribution < 1.29 is 23.1 Å². The highest BCUT2D eigenvalue weighted by molar-refractivity contribution is 7.89. The highest BCUT2D eigenvalue weighted by Crippen LogP contribution is 2.22. The number of rotatable bonds is 9. The predicted molar refractivity (Wildman–Crippen MR) is 113 cm³/mol. The van der Waals surface area contributed by atoms with E-state index in [2.05, 4.69) is 5.32 Å². The minimum Gasteiger partial charge on any atom is -0.480 e. The minimum absolute atomic E-state index is 0.0901. The molecule has 0 aromatic heterocycles. The Hall–Kier alpha value is -2.71. The van der Waals surface area contributed by atoms with Crippen molar-refractivity contribution in [1.82, 2.24) is 9.62 Å². The van der Waals surface area contributed by atoms with E-state index in [1.54, 1.807) is 24.3 Å². The molecule has 0 aliphatic carbocycles. The van der Waals surface area contributed by atoms with Crippen molar-refractivity contribution in [2.75, 3.05) is 12.3 Å². The van der Waals surface area contributed by atoms with Crippen LogP contribution in [0.2, 0.25) is 0 Å². The molecule has 8 heteroatoms. The van der Waals surface area contributed by atoms with Gasteiger partial charge in [-0.3, -0.25) is 4.79 Å². The highest BCUT2D eigenvalue weighted by Gasteiger charge is 2.39. The summed E-state index contributed by atoms with van der Waals surface area (Å²) in [4.78, 5) is 24.4. The average molecular weight is 431 g/mol. The maximum Gasteiger partial charge on any atom is 0.326 e. The number of carboxylic acids is 1. The lowest BCUT2D eigenvalue weighted by molar-refractivity contribution is -0.142. The monoisotopic (exact) mass is 430 g/mol. The SMILES string of the molecule is O=C(O)[C@H](Cc1ccccc1)NC(=O)[C@@H]1CCCN1S(=O)(=O)CCc1ccccc1. The largest absolute Gasteiger partial charge is 0.480 e. The second-order valence-electron chi connectivity index (χ2n) is 7.41. The lowest BCUT2D eigenvalue weighted by atomic mass is 10.1. The van der Waals surface area contributed by atoms with Gasteiger partial charge in [-0.2, -0.15) is 4.31 Å². The van der Waals surface area contributed by atoms with Crippen molar-refractivity contribution >= 4 is 21.9 Å². The van der Waals surface area contributed by atoms with Gasteiger partial charge in [0, 0.05) is 13.0 Å². The van der Waals surface area contributed by atoms with Crippen LogP contribution in [0.4, 0.5) is 0 Å². The van der Waals surface area contributed by atoms with E-state index in [9.17, 15) is 23.1 Å². The smallest absolute Gasteiger partial charge is 0.326 e. The molecule has 3 rings (SSSR count). The van der Waals surface area contributed by atoms with Crippen LogP contribution in [0.3, 0.4) is 0 Å². The Morgan fingerprint density at radius 2 is 1.63 bits per heavy atom. The van der Waals surface area contributed by atoms with E-state index in [4.69, 9.17) is 0 Å². The lowest BCUT2D eigenvalue weighted by Crippen LogP contribution is -2.51. The van der Waals surface area contributed by atoms with Crippen molar-refractivity contribution in [3.05, 3.63) is 71.8 Å². The highest BCUT2D eigenvalue weighted by atomic mass is 32.2. The van der Waals surface area contributed by atoms with Gasteiger partial charge in [-0.05, 0) is 30.4 Å². The lowest BCUT2D eigenvalue weighted by Gasteiger charge is -2.25. The van der Waals surface area contributed by atoms with Crippen LogP contribution in [0.1, 0.15) is 24.0 Å². The van der Waals surface area contributed by atoms with Crippen molar-refractivity contribution in [3.8, 4) is 0 Å². The van der Waals surface area contributed by atoms with Crippen molar-refractivity contribution in [2.45, 2.75) is 37.8 Å². The van der Waals surface area contributed by atoms with Gasteiger partial charge in [-0.25, -0.2) is 13.2 Å². The van der Waals surface area contributed by atoms with Gasteiger partial charge in [0.1, 0.15) is 12.1 Å². The molecule has 0 bridgehead atoms. The van der Waals surface area contributed by atoms with E-state index in [0.29, 0.717) is 19.3 Å². The molecule has 0 unspecified atom stereocenters. The number of nitrogens with zero attached hydrogens (tertiary/aromatic N) is 1. The molecule has 30 heavy (non-hydrogen) atoms. The summed E-state index contributed by atoms with van der Waals surface area (Å²) in [5.41, 5.74) is 1.69. The van der Waals surface area contributed by atoms with Crippen molar-refractivity contribution in [2.24, 2.45) is 0 Å². The fourth-order valence-electron chi connectivity index (χ4n) is 3.66. The Balaban J connectivity index is 1.65. The van der Waals surface area contributed by atoms with Crippen molar-refractivity contribution in [1.29, 1.82) is 0 Å². The summed E-state index contributed by atoms with van der Waals surface area (Å²) in [6, 6.07) is 16.3. The van der Waals surface area contributed by atoms with E-state index in [-0.39, 0.29) is 18.7 Å². The van der Waals surface area contributed by atoms with Gasteiger partial charge in [0.05, 0.1) is 5.75 Å². The first-order chi connectivity index (χ1) is 14.4. The van der Waals surface area contributed by atoms with Crippen LogP contribution < -0.4 is 5.32 Å². The number of aliphatic carboxylic acids is 1. The quantitative estimate of drug-likeness (QED) is 0.632. The summed E-state index contributed by atoms with van der Waals surface area (Å²) in [7, 11) is -3.64. The van der Waals surface area contributed by atoms with E-state index >= 15 is 0 Å². The van der Waals surface area contributed by atoms with Crippen LogP contribution in [0.15, 0.2) is 60.7 Å². The van der Waals surface area contributed by atoms with E-state index in [0.717, 1.165) is 11.1 Å². The number of benzene rings is 2. The van der Waals surface area contributed by atoms with Crippen molar-refractivity contribution in [3.63, 3.8) is 0 Å². The number of carbonyl (C=O) groups is 2. The first kappa shape index (κ1) is 22.0. The fraction of sp³-hybridized carbons (Fsp3) is 0.364. The molecular weight excluding hydrogens is 404 g/mol. The minimum atomic E-state index is -3.64. The molecule has 1 heterocycles. The third-order valence-corrected chi connectivity index (χ3v) is 7.12. The molecule has 160 valence electrons. The molecule has 1 aliphatic heterocycles. The van der Waals surface area contributed by atoms with Gasteiger partial charge in [0.2, 0.25) is 15.9 Å². The molecule has 2 aromatic carbocycles. The normalized spacial score (nSPS) is 18.1. The van der Waals surface area contributed by atoms with Gasteiger partial charge >= 0.3 is 5.97 Å². The topological polar surface area (TPSA) is 104 Å². The third-order valence-electron chi connectivity index (χ3n) is 5.25. The summed E-state index contributed by atoms with van der Waals surface area (Å²) >= 11 is 0. The van der Waals surface area contributed by atoms with E-state index in [1.807, 2.05) is 36.4 Å². The molecule has 2 atom stereocenters. The summed E-state index contributed by atoms with van der Waals surface area (Å²) in [5.74, 6) is -1.80. The second kappa shape index (κ2) is 9.86. The number of hydrogen-bond acceptors (Lipinski definition) is 4. The number of hydrogen-bond donors (Lipinski definition) is 2. The maximum atomic E-state index is 12.9. The van der Waals surface area contributed by atoms with Gasteiger partial charge in [-0.1, -0.05) is 60.7 Å². The number of aryl methyl sites for hydroxylation is 1. The molecule has 1 aliphatic rings. The summed E-state index contributed by atoms with van der Waals surface area (Å²) in [6.45, 7) is 0.269. The zero-order valence-electron chi connectivity index (χ0n) is 16.6. The molecule has 1 saturated heterocycles. The van der Waals surface area contributed by atoms with Gasteiger partial charge in [-0.15, -0.1) is 0 Å². The molecule has 7 nitrogen and oxygen atoms in total. The summed E-state index contributed by atoms with van der Waals surface area (Å²) < 4.78 is 27.0. The number of carbonyl (C=O) groups excluding carboxylic acids is 1. The molecule has 1 fully saturated rings. The fourth-order valence-corrected chi connectivity index (χ4v) is 5.39. The van der Waals surface area contributed by atoms with E-state index in [1.165, 1.54) is 4.31 Å². The average Bonchev–Trinajstić information content (AvgIpc) is 3.24. The standard InChI is InChI=1S/C22H26N2O5S/c25-21(23-19(22(26)27)16-18-10-5-2-6-11-18)20-12-7-14-24(20)30(28,29)15-13-17-8-3-1-4-9-17/h1-6,8-11,19-20H,7,12-16H2,(H,23,25)(H,26,27)/t19-,20-/m0/s1. The molecule has 0 radical (unpaired) electrons. The summed E-state index contributed by atoms with van der Waals surface area (Å²) in [6.07, 6.45) is 1.45. The summed E-state index contributed by atoms with van der Waals surface area (Å²) in [5, 5.41) is 12.1. The van der Waals surface area contributed by atoms with Crippen LogP contribution in [-0.4, -0.2) is 54.1 Å². The predicted octanol–water partition coefficient (Wildman–Crippen LogP) is 1.84. The van der Waals surface area contributed by atoms with Crippen LogP contribution >= 0.6 is 0 Å². The Kier molecular flexibility index (Phi) is 7.23. The first-order valence-electron chi connectivity index (χ1n) is 9.97. The number of sulfonamides is 1. The van der Waals surface area contributed by atoms with Crippen LogP contribution in [0, 0.1) is 0 Å². The van der Waals surface area contributed by atoms with Crippen LogP contribution in [0.25, 0.3) is 0 Å². The Morgan fingerprint density at radius 3 is 2.23 bits per heavy atom. The molecule has 2 N–H and O–H groups in total. The van der Waals surface area contributed by atoms with Crippen LogP contribution in [-0.2, 0) is 32.5 Å². The molecular formula is C22H26N2O5S. The Morgan fingerprint density at radius 1 is 1.03 bits per heavy atom. The van der Waals surface area contributed by atoms with Gasteiger partial charge in [0.15, 0.2) is 0 Å². The van der Waals surface area contributed by atoms with E-state index < -0.39 is 34.0 Å². The molecule has 0 saturated carbocycles. The number of carboxylic acid groups (broad SMARTS) is 1. The zero-order valence-corrected chi connectivity index (χ0v) is 17.4. The second-order valence-corrected chi connectivity index (χ2v) is 9.45. The number of nitrogens with one attached hydrogen (secondary N) is 1. The first-order valence-corrected chi connectivity index (χ1v) is 11.6. The number of amides is 1. The van der Waals surface area contributed by atoms with Gasteiger partial charge in [0.25, 0.3) is 0 Å².